The van der Waals surface area contributed by atoms with E-state index in [4.69, 9.17) is 0 Å². The van der Waals surface area contributed by atoms with Crippen LogP contribution in [-0.2, 0) is 16.0 Å². The molecule has 2 N–H and O–H groups in total. The van der Waals surface area contributed by atoms with Crippen molar-refractivity contribution < 1.29 is 9.59 Å². The Bertz CT molecular complexity index is 548. The third-order valence-corrected chi connectivity index (χ3v) is 4.27. The van der Waals surface area contributed by atoms with E-state index >= 15 is 0 Å². The van der Waals surface area contributed by atoms with Gasteiger partial charge in [-0.3, -0.25) is 9.59 Å². The molecule has 1 aromatic rings. The normalized spacial score (nSPS) is 15.5. The molecule has 22 heavy (non-hydrogen) atoms. The number of benzene rings is 1. The molecular weight excluding hydrogens is 276 g/mol. The van der Waals surface area contributed by atoms with Crippen molar-refractivity contribution in [3.8, 4) is 0 Å². The molecule has 1 fully saturated rings. The second-order valence-corrected chi connectivity index (χ2v) is 6.49. The summed E-state index contributed by atoms with van der Waals surface area (Å²) in [4.78, 5) is 24.9. The molecule has 0 radical (unpaired) electrons. The van der Waals surface area contributed by atoms with Gasteiger partial charge >= 0.3 is 0 Å². The van der Waals surface area contributed by atoms with Crippen molar-refractivity contribution in [1.29, 1.82) is 0 Å². The molecule has 0 bridgehead atoms. The van der Waals surface area contributed by atoms with Crippen molar-refractivity contribution in [3.63, 3.8) is 0 Å². The van der Waals surface area contributed by atoms with Crippen molar-refractivity contribution in [2.45, 2.75) is 46.5 Å². The molecule has 4 nitrogen and oxygen atoms in total. The SMILES string of the molecule is CCc1ccccc1NC(=O)C1(C(=O)NCCC(C)C)CC1. The summed E-state index contributed by atoms with van der Waals surface area (Å²) in [7, 11) is 0. The second kappa shape index (κ2) is 6.95. The number of carbonyl (C=O) groups is 2. The number of hydrogen-bond acceptors (Lipinski definition) is 2. The van der Waals surface area contributed by atoms with E-state index in [9.17, 15) is 9.59 Å². The molecule has 1 aromatic carbocycles. The van der Waals surface area contributed by atoms with Crippen LogP contribution in [0.25, 0.3) is 0 Å². The molecule has 0 unspecified atom stereocenters. The van der Waals surface area contributed by atoms with Gasteiger partial charge in [-0.15, -0.1) is 0 Å². The Kier molecular flexibility index (Phi) is 5.22. The average molecular weight is 302 g/mol. The lowest BCUT2D eigenvalue weighted by Gasteiger charge is -2.17. The van der Waals surface area contributed by atoms with Crippen LogP contribution in [0.15, 0.2) is 24.3 Å². The number of carbonyl (C=O) groups excluding carboxylic acids is 2. The van der Waals surface area contributed by atoms with Crippen LogP contribution >= 0.6 is 0 Å². The van der Waals surface area contributed by atoms with Crippen molar-refractivity contribution in [2.75, 3.05) is 11.9 Å². The molecule has 0 aliphatic heterocycles. The number of amides is 2. The average Bonchev–Trinajstić information content (AvgIpc) is 3.29. The first-order valence-electron chi connectivity index (χ1n) is 8.17. The predicted octanol–water partition coefficient (Wildman–Crippen LogP) is 3.13. The summed E-state index contributed by atoms with van der Waals surface area (Å²) in [5.41, 5.74) is 1.06. The Morgan fingerprint density at radius 1 is 1.18 bits per heavy atom. The number of para-hydroxylation sites is 1. The Hall–Kier alpha value is -1.84. The highest BCUT2D eigenvalue weighted by Crippen LogP contribution is 2.47. The molecule has 4 heteroatoms. The van der Waals surface area contributed by atoms with Gasteiger partial charge in [-0.1, -0.05) is 39.0 Å². The number of rotatable bonds is 7. The maximum atomic E-state index is 12.5. The molecule has 0 aromatic heterocycles. The van der Waals surface area contributed by atoms with Gasteiger partial charge in [0.25, 0.3) is 0 Å². The van der Waals surface area contributed by atoms with Gasteiger partial charge in [0.15, 0.2) is 0 Å². The zero-order chi connectivity index (χ0) is 16.2. The van der Waals surface area contributed by atoms with E-state index in [1.165, 1.54) is 0 Å². The van der Waals surface area contributed by atoms with E-state index in [-0.39, 0.29) is 11.8 Å². The van der Waals surface area contributed by atoms with E-state index < -0.39 is 5.41 Å². The van der Waals surface area contributed by atoms with E-state index in [1.807, 2.05) is 24.3 Å². The van der Waals surface area contributed by atoms with E-state index in [1.54, 1.807) is 0 Å². The summed E-state index contributed by atoms with van der Waals surface area (Å²) < 4.78 is 0. The first-order chi connectivity index (χ1) is 10.5. The number of aryl methyl sites for hydroxylation is 1. The lowest BCUT2D eigenvalue weighted by atomic mass is 10.0. The molecule has 1 saturated carbocycles. The van der Waals surface area contributed by atoms with Gasteiger partial charge in [-0.2, -0.15) is 0 Å². The van der Waals surface area contributed by atoms with E-state index in [0.717, 1.165) is 24.1 Å². The Balaban J connectivity index is 1.98. The van der Waals surface area contributed by atoms with Gasteiger partial charge in [0, 0.05) is 12.2 Å². The smallest absolute Gasteiger partial charge is 0.240 e. The molecule has 0 saturated heterocycles. The van der Waals surface area contributed by atoms with E-state index in [0.29, 0.717) is 25.3 Å². The fraction of sp³-hybridized carbons (Fsp3) is 0.556. The topological polar surface area (TPSA) is 58.2 Å². The van der Waals surface area contributed by atoms with Gasteiger partial charge in [0.1, 0.15) is 5.41 Å². The third-order valence-electron chi connectivity index (χ3n) is 4.27. The molecule has 0 atom stereocenters. The van der Waals surface area contributed by atoms with Crippen molar-refractivity contribution in [1.82, 2.24) is 5.32 Å². The first kappa shape index (κ1) is 16.5. The molecule has 1 aliphatic carbocycles. The fourth-order valence-electron chi connectivity index (χ4n) is 2.52. The molecule has 2 amide bonds. The summed E-state index contributed by atoms with van der Waals surface area (Å²) in [5.74, 6) is 0.246. The third kappa shape index (κ3) is 3.67. The summed E-state index contributed by atoms with van der Waals surface area (Å²) >= 11 is 0. The highest BCUT2D eigenvalue weighted by Gasteiger charge is 2.56. The summed E-state index contributed by atoms with van der Waals surface area (Å²) in [6.45, 7) is 6.93. The van der Waals surface area contributed by atoms with Gasteiger partial charge in [-0.25, -0.2) is 0 Å². The fourth-order valence-corrected chi connectivity index (χ4v) is 2.52. The highest BCUT2D eigenvalue weighted by atomic mass is 16.2. The van der Waals surface area contributed by atoms with Crippen molar-refractivity contribution >= 4 is 17.5 Å². The van der Waals surface area contributed by atoms with Crippen LogP contribution < -0.4 is 10.6 Å². The molecule has 0 spiro atoms. The zero-order valence-corrected chi connectivity index (χ0v) is 13.7. The zero-order valence-electron chi connectivity index (χ0n) is 13.7. The van der Waals surface area contributed by atoms with Crippen LogP contribution in [0.1, 0.15) is 45.6 Å². The summed E-state index contributed by atoms with van der Waals surface area (Å²) in [6.07, 6.45) is 3.06. The predicted molar refractivity (Wildman–Crippen MR) is 88.6 cm³/mol. The first-order valence-corrected chi connectivity index (χ1v) is 8.17. The van der Waals surface area contributed by atoms with Crippen LogP contribution in [0.5, 0.6) is 0 Å². The lowest BCUT2D eigenvalue weighted by Crippen LogP contribution is -2.40. The maximum Gasteiger partial charge on any atom is 0.240 e. The van der Waals surface area contributed by atoms with Crippen molar-refractivity contribution in [2.24, 2.45) is 11.3 Å². The van der Waals surface area contributed by atoms with Crippen LogP contribution in [0.2, 0.25) is 0 Å². The monoisotopic (exact) mass is 302 g/mol. The van der Waals surface area contributed by atoms with Crippen LogP contribution in [-0.4, -0.2) is 18.4 Å². The lowest BCUT2D eigenvalue weighted by molar-refractivity contribution is -0.134. The van der Waals surface area contributed by atoms with Crippen LogP contribution in [0.3, 0.4) is 0 Å². The Morgan fingerprint density at radius 3 is 2.45 bits per heavy atom. The van der Waals surface area contributed by atoms with Crippen LogP contribution in [0, 0.1) is 11.3 Å². The van der Waals surface area contributed by atoms with E-state index in [2.05, 4.69) is 31.4 Å². The number of nitrogens with one attached hydrogen (secondary N) is 2. The van der Waals surface area contributed by atoms with Gasteiger partial charge < -0.3 is 10.6 Å². The molecule has 2 rings (SSSR count). The van der Waals surface area contributed by atoms with Crippen LogP contribution in [0.4, 0.5) is 5.69 Å². The molecule has 120 valence electrons. The Morgan fingerprint density at radius 2 is 1.86 bits per heavy atom. The standard InChI is InChI=1S/C18H26N2O2/c1-4-14-7-5-6-8-15(14)20-17(22)18(10-11-18)16(21)19-12-9-13(2)3/h5-8,13H,4,9-12H2,1-3H3,(H,19,21)(H,20,22). The van der Waals surface area contributed by atoms with Crippen molar-refractivity contribution in [3.05, 3.63) is 29.8 Å². The van der Waals surface area contributed by atoms with Gasteiger partial charge in [0.05, 0.1) is 0 Å². The minimum Gasteiger partial charge on any atom is -0.355 e. The van der Waals surface area contributed by atoms with Gasteiger partial charge in [0.2, 0.25) is 11.8 Å². The highest BCUT2D eigenvalue weighted by molar-refractivity contribution is 6.13. The maximum absolute atomic E-state index is 12.5. The Labute approximate surface area is 132 Å². The second-order valence-electron chi connectivity index (χ2n) is 6.49. The van der Waals surface area contributed by atoms with Gasteiger partial charge in [-0.05, 0) is 43.2 Å². The molecule has 0 heterocycles. The minimum atomic E-state index is -0.849. The molecule has 1 aliphatic rings. The molecular formula is C18H26N2O2. The number of hydrogen-bond donors (Lipinski definition) is 2. The quantitative estimate of drug-likeness (QED) is 0.760. The largest absolute Gasteiger partial charge is 0.355 e. The summed E-state index contributed by atoms with van der Waals surface area (Å²) in [5, 5.41) is 5.86. The number of anilines is 1. The minimum absolute atomic E-state index is 0.125. The summed E-state index contributed by atoms with van der Waals surface area (Å²) in [6, 6.07) is 7.75.